The zero-order valence-electron chi connectivity index (χ0n) is 7.38. The van der Waals surface area contributed by atoms with Gasteiger partial charge in [-0.3, -0.25) is 4.79 Å². The molecule has 0 spiro atoms. The Morgan fingerprint density at radius 3 is 2.14 bits per heavy atom. The number of amides is 1. The SMILES string of the molecule is O=CC1CCN(C(=O)C(F)(F)F)CC1. The van der Waals surface area contributed by atoms with Crippen LogP contribution in [0.3, 0.4) is 0 Å². The molecule has 0 aromatic carbocycles. The predicted molar refractivity (Wildman–Crippen MR) is 41.4 cm³/mol. The first kappa shape index (κ1) is 11.0. The molecule has 1 saturated heterocycles. The van der Waals surface area contributed by atoms with E-state index < -0.39 is 12.1 Å². The van der Waals surface area contributed by atoms with Crippen LogP contribution in [-0.4, -0.2) is 36.4 Å². The third-order valence-corrected chi connectivity index (χ3v) is 2.26. The fraction of sp³-hybridized carbons (Fsp3) is 0.750. The lowest BCUT2D eigenvalue weighted by molar-refractivity contribution is -0.186. The van der Waals surface area contributed by atoms with Gasteiger partial charge in [-0.2, -0.15) is 13.2 Å². The molecule has 1 aliphatic heterocycles. The molecule has 1 amide bonds. The van der Waals surface area contributed by atoms with Crippen molar-refractivity contribution in [3.8, 4) is 0 Å². The van der Waals surface area contributed by atoms with Crippen LogP contribution in [0, 0.1) is 5.92 Å². The summed E-state index contributed by atoms with van der Waals surface area (Å²) in [6.45, 7) is 0.0312. The van der Waals surface area contributed by atoms with Gasteiger partial charge >= 0.3 is 12.1 Å². The second kappa shape index (κ2) is 3.98. The molecule has 80 valence electrons. The normalized spacial score (nSPS) is 19.5. The van der Waals surface area contributed by atoms with Crippen molar-refractivity contribution in [1.82, 2.24) is 4.90 Å². The third-order valence-electron chi connectivity index (χ3n) is 2.26. The molecule has 0 atom stereocenters. The molecule has 0 N–H and O–H groups in total. The van der Waals surface area contributed by atoms with Crippen molar-refractivity contribution in [3.63, 3.8) is 0 Å². The van der Waals surface area contributed by atoms with Crippen LogP contribution in [-0.2, 0) is 9.59 Å². The van der Waals surface area contributed by atoms with E-state index in [1.165, 1.54) is 0 Å². The highest BCUT2D eigenvalue weighted by molar-refractivity contribution is 5.82. The van der Waals surface area contributed by atoms with Crippen molar-refractivity contribution in [1.29, 1.82) is 0 Å². The molecule has 0 bridgehead atoms. The highest BCUT2D eigenvalue weighted by Gasteiger charge is 2.43. The number of likely N-dealkylation sites (tertiary alicyclic amines) is 1. The molecule has 0 aromatic heterocycles. The maximum Gasteiger partial charge on any atom is 0.471 e. The van der Waals surface area contributed by atoms with Gasteiger partial charge in [0.05, 0.1) is 0 Å². The lowest BCUT2D eigenvalue weighted by Crippen LogP contribution is -2.45. The summed E-state index contributed by atoms with van der Waals surface area (Å²) < 4.78 is 35.9. The average molecular weight is 209 g/mol. The highest BCUT2D eigenvalue weighted by Crippen LogP contribution is 2.22. The van der Waals surface area contributed by atoms with E-state index in [-0.39, 0.29) is 19.0 Å². The maximum absolute atomic E-state index is 12.0. The van der Waals surface area contributed by atoms with Gasteiger partial charge in [-0.1, -0.05) is 0 Å². The van der Waals surface area contributed by atoms with Gasteiger partial charge in [0.2, 0.25) is 0 Å². The molecule has 0 saturated carbocycles. The van der Waals surface area contributed by atoms with Crippen LogP contribution in [0.1, 0.15) is 12.8 Å². The van der Waals surface area contributed by atoms with Crippen molar-refractivity contribution in [2.45, 2.75) is 19.0 Å². The van der Waals surface area contributed by atoms with Crippen molar-refractivity contribution in [3.05, 3.63) is 0 Å². The second-order valence-electron chi connectivity index (χ2n) is 3.26. The van der Waals surface area contributed by atoms with Crippen molar-refractivity contribution in [2.24, 2.45) is 5.92 Å². The van der Waals surface area contributed by atoms with Gasteiger partial charge in [-0.05, 0) is 12.8 Å². The standard InChI is InChI=1S/C8H10F3NO2/c9-8(10,11)7(14)12-3-1-6(5-13)2-4-12/h5-6H,1-4H2. The van der Waals surface area contributed by atoms with E-state index >= 15 is 0 Å². The van der Waals surface area contributed by atoms with E-state index in [9.17, 15) is 22.8 Å². The summed E-state index contributed by atoms with van der Waals surface area (Å²) in [7, 11) is 0. The number of alkyl halides is 3. The smallest absolute Gasteiger partial charge is 0.335 e. The van der Waals surface area contributed by atoms with Crippen molar-refractivity contribution >= 4 is 12.2 Å². The van der Waals surface area contributed by atoms with E-state index in [4.69, 9.17) is 0 Å². The summed E-state index contributed by atoms with van der Waals surface area (Å²) in [5.41, 5.74) is 0. The molecule has 1 heterocycles. The van der Waals surface area contributed by atoms with Gasteiger partial charge in [-0.15, -0.1) is 0 Å². The topological polar surface area (TPSA) is 37.4 Å². The Kier molecular flexibility index (Phi) is 3.13. The second-order valence-corrected chi connectivity index (χ2v) is 3.26. The number of hydrogen-bond acceptors (Lipinski definition) is 2. The van der Waals surface area contributed by atoms with Gasteiger partial charge in [0.25, 0.3) is 0 Å². The summed E-state index contributed by atoms with van der Waals surface area (Å²) in [4.78, 5) is 21.8. The lowest BCUT2D eigenvalue weighted by Gasteiger charge is -2.29. The summed E-state index contributed by atoms with van der Waals surface area (Å²) in [6, 6.07) is 0. The molecule has 0 aromatic rings. The third kappa shape index (κ3) is 2.46. The molecule has 6 heteroatoms. The molecular formula is C8H10F3NO2. The van der Waals surface area contributed by atoms with E-state index in [2.05, 4.69) is 0 Å². The minimum Gasteiger partial charge on any atom is -0.335 e. The zero-order valence-corrected chi connectivity index (χ0v) is 7.38. The molecule has 0 radical (unpaired) electrons. The molecule has 1 fully saturated rings. The Morgan fingerprint density at radius 2 is 1.79 bits per heavy atom. The average Bonchev–Trinajstić information content (AvgIpc) is 2.15. The Morgan fingerprint density at radius 1 is 1.29 bits per heavy atom. The Balaban J connectivity index is 2.50. The molecule has 0 aliphatic carbocycles. The number of aldehydes is 1. The first-order valence-electron chi connectivity index (χ1n) is 4.26. The van der Waals surface area contributed by atoms with E-state index in [1.54, 1.807) is 0 Å². The summed E-state index contributed by atoms with van der Waals surface area (Å²) in [6.07, 6.45) is -3.42. The summed E-state index contributed by atoms with van der Waals surface area (Å²) >= 11 is 0. The van der Waals surface area contributed by atoms with E-state index in [0.29, 0.717) is 12.8 Å². The first-order valence-corrected chi connectivity index (χ1v) is 4.26. The van der Waals surface area contributed by atoms with Gasteiger partial charge in [-0.25, -0.2) is 0 Å². The van der Waals surface area contributed by atoms with Crippen LogP contribution < -0.4 is 0 Å². The summed E-state index contributed by atoms with van der Waals surface area (Å²) in [5.74, 6) is -2.01. The van der Waals surface area contributed by atoms with Crippen molar-refractivity contribution < 1.29 is 22.8 Å². The monoisotopic (exact) mass is 209 g/mol. The van der Waals surface area contributed by atoms with Gasteiger partial charge in [0, 0.05) is 19.0 Å². The minimum absolute atomic E-state index is 0.0156. The molecule has 1 aliphatic rings. The van der Waals surface area contributed by atoms with Crippen LogP contribution >= 0.6 is 0 Å². The molecule has 14 heavy (non-hydrogen) atoms. The van der Waals surface area contributed by atoms with Gasteiger partial charge in [0.15, 0.2) is 0 Å². The number of piperidine rings is 1. The molecule has 3 nitrogen and oxygen atoms in total. The fourth-order valence-electron chi connectivity index (χ4n) is 1.42. The predicted octanol–water partition coefficient (Wildman–Crippen LogP) is 0.986. The Labute approximate surface area is 78.9 Å². The molecular weight excluding hydrogens is 199 g/mol. The quantitative estimate of drug-likeness (QED) is 0.604. The minimum atomic E-state index is -4.80. The van der Waals surface area contributed by atoms with Gasteiger partial charge < -0.3 is 9.69 Å². The Bertz CT molecular complexity index is 231. The van der Waals surface area contributed by atoms with Crippen LogP contribution in [0.4, 0.5) is 13.2 Å². The van der Waals surface area contributed by atoms with Crippen LogP contribution in [0.15, 0.2) is 0 Å². The van der Waals surface area contributed by atoms with E-state index in [0.717, 1.165) is 11.2 Å². The largest absolute Gasteiger partial charge is 0.471 e. The number of rotatable bonds is 1. The molecule has 1 rings (SSSR count). The summed E-state index contributed by atoms with van der Waals surface area (Å²) in [5, 5.41) is 0. The number of nitrogens with zero attached hydrogens (tertiary/aromatic N) is 1. The number of hydrogen-bond donors (Lipinski definition) is 0. The number of carbonyl (C=O) groups is 2. The van der Waals surface area contributed by atoms with Crippen LogP contribution in [0.25, 0.3) is 0 Å². The molecule has 0 unspecified atom stereocenters. The number of halogens is 3. The lowest BCUT2D eigenvalue weighted by atomic mass is 9.98. The highest BCUT2D eigenvalue weighted by atomic mass is 19.4. The van der Waals surface area contributed by atoms with Crippen LogP contribution in [0.2, 0.25) is 0 Å². The van der Waals surface area contributed by atoms with E-state index in [1.807, 2.05) is 0 Å². The first-order chi connectivity index (χ1) is 6.45. The zero-order chi connectivity index (χ0) is 10.8. The van der Waals surface area contributed by atoms with Crippen LogP contribution in [0.5, 0.6) is 0 Å². The Hall–Kier alpha value is -1.07. The maximum atomic E-state index is 12.0. The van der Waals surface area contributed by atoms with Crippen molar-refractivity contribution in [2.75, 3.05) is 13.1 Å². The number of carbonyl (C=O) groups excluding carboxylic acids is 2. The van der Waals surface area contributed by atoms with Gasteiger partial charge in [0.1, 0.15) is 6.29 Å². The fourth-order valence-corrected chi connectivity index (χ4v) is 1.42.